The van der Waals surface area contributed by atoms with Gasteiger partial charge < -0.3 is 9.47 Å². The third-order valence-electron chi connectivity index (χ3n) is 11.2. The predicted molar refractivity (Wildman–Crippen MR) is 159 cm³/mol. The van der Waals surface area contributed by atoms with Crippen LogP contribution in [-0.2, 0) is 19.1 Å². The van der Waals surface area contributed by atoms with Gasteiger partial charge in [0.1, 0.15) is 6.10 Å². The van der Waals surface area contributed by atoms with Crippen LogP contribution in [0.15, 0.2) is 35.9 Å². The Morgan fingerprint density at radius 3 is 2.64 bits per heavy atom. The monoisotopic (exact) mass is 646 g/mol. The summed E-state index contributed by atoms with van der Waals surface area (Å²) in [5.74, 6) is 1.19. The number of carbonyl (C=O) groups is 3. The van der Waals surface area contributed by atoms with Gasteiger partial charge in [-0.25, -0.2) is 4.79 Å². The normalized spacial score (nSPS) is 38.1. The zero-order valence-electron chi connectivity index (χ0n) is 24.0. The zero-order chi connectivity index (χ0) is 28.1. The maximum atomic E-state index is 13.9. The summed E-state index contributed by atoms with van der Waals surface area (Å²) in [5.41, 5.74) is 1.65. The maximum Gasteiger partial charge on any atom is 0.338 e. The van der Waals surface area contributed by atoms with E-state index in [1.165, 1.54) is 31.9 Å². The van der Waals surface area contributed by atoms with Crippen molar-refractivity contribution in [2.45, 2.75) is 85.2 Å². The fourth-order valence-corrected chi connectivity index (χ4v) is 9.65. The van der Waals surface area contributed by atoms with E-state index < -0.39 is 0 Å². The highest BCUT2D eigenvalue weighted by Gasteiger charge is 2.64. The summed E-state index contributed by atoms with van der Waals surface area (Å²) in [6.45, 7) is 9.21. The molecule has 0 aliphatic heterocycles. The van der Waals surface area contributed by atoms with E-state index in [0.29, 0.717) is 36.2 Å². The number of rotatable bonds is 6. The summed E-state index contributed by atoms with van der Waals surface area (Å²) in [6, 6.07) is 7.57. The number of ketones is 1. The first kappa shape index (κ1) is 28.8. The highest BCUT2D eigenvalue weighted by Crippen LogP contribution is 2.67. The lowest BCUT2D eigenvalue weighted by Gasteiger charge is -2.62. The fraction of sp³-hybridized carbons (Fsp3) is 0.667. The van der Waals surface area contributed by atoms with E-state index in [4.69, 9.17) is 9.47 Å². The highest BCUT2D eigenvalue weighted by atomic mass is 127. The Bertz CT molecular complexity index is 1170. The first-order valence-corrected chi connectivity index (χ1v) is 15.8. The molecule has 0 heterocycles. The Hall–Kier alpha value is -1.70. The van der Waals surface area contributed by atoms with E-state index in [1.807, 2.05) is 30.3 Å². The molecule has 5 nitrogen and oxygen atoms in total. The van der Waals surface area contributed by atoms with Gasteiger partial charge >= 0.3 is 11.9 Å². The Labute approximate surface area is 247 Å². The molecular formula is C33H43IO5. The fourth-order valence-electron chi connectivity index (χ4n) is 9.11. The lowest BCUT2D eigenvalue weighted by molar-refractivity contribution is -0.168. The van der Waals surface area contributed by atoms with Crippen LogP contribution in [0.3, 0.4) is 0 Å². The summed E-state index contributed by atoms with van der Waals surface area (Å²) in [6.07, 6.45) is 9.08. The molecule has 6 heteroatoms. The number of hydrogen-bond acceptors (Lipinski definition) is 5. The highest BCUT2D eigenvalue weighted by molar-refractivity contribution is 14.1. The second-order valence-electron chi connectivity index (χ2n) is 13.4. The van der Waals surface area contributed by atoms with E-state index in [-0.39, 0.29) is 52.4 Å². The van der Waals surface area contributed by atoms with Gasteiger partial charge in [0.25, 0.3) is 0 Å². The molecule has 1 aromatic rings. The van der Waals surface area contributed by atoms with Crippen molar-refractivity contribution in [2.24, 2.45) is 46.3 Å². The molecular weight excluding hydrogens is 603 g/mol. The SMILES string of the molecule is COC(=O)CC[C@@H](C)C1=CC(=O)[C@H]2C3C(CC[C@]12C)[C@@]1(C)CC[C@@H](C)C[C@H]1C[C@H]3OC(=O)c1cccc(I)c1. The summed E-state index contributed by atoms with van der Waals surface area (Å²) in [5, 5.41) is 0. The minimum atomic E-state index is -0.276. The molecule has 0 N–H and O–H groups in total. The van der Waals surface area contributed by atoms with Gasteiger partial charge in [0.05, 0.1) is 12.7 Å². The van der Waals surface area contributed by atoms with Crippen molar-refractivity contribution < 1.29 is 23.9 Å². The number of hydrogen-bond donors (Lipinski definition) is 0. The van der Waals surface area contributed by atoms with Gasteiger partial charge in [0.15, 0.2) is 5.78 Å². The minimum absolute atomic E-state index is 0.0131. The van der Waals surface area contributed by atoms with Gasteiger partial charge in [-0.15, -0.1) is 0 Å². The Morgan fingerprint density at radius 1 is 1.15 bits per heavy atom. The standard InChI is InChI=1S/C33H43IO5/c1-19-11-13-32(3)22(15-19)17-27(39-31(37)21-7-6-8-23(34)16-21)29-24(32)12-14-33(4)25(18-26(35)30(29)33)20(2)9-10-28(36)38-5/h6-8,16,18-20,22,24,27,29-30H,9-15,17H2,1-5H3/t19-,20-,22+,24?,27-,29?,30+,32+,33-/m1/s1. The van der Waals surface area contributed by atoms with Gasteiger partial charge in [0.2, 0.25) is 0 Å². The van der Waals surface area contributed by atoms with Crippen LogP contribution in [0, 0.1) is 49.9 Å². The number of allylic oxidation sites excluding steroid dienone is 2. The van der Waals surface area contributed by atoms with Gasteiger partial charge in [-0.1, -0.05) is 45.8 Å². The molecule has 2 unspecified atom stereocenters. The summed E-state index contributed by atoms with van der Waals surface area (Å²) in [7, 11) is 1.42. The second-order valence-corrected chi connectivity index (χ2v) is 14.7. The molecule has 0 bridgehead atoms. The van der Waals surface area contributed by atoms with Gasteiger partial charge in [-0.05, 0) is 120 Å². The number of ether oxygens (including phenoxy) is 2. The molecule has 1 aromatic carbocycles. The van der Waals surface area contributed by atoms with Crippen molar-refractivity contribution in [3.63, 3.8) is 0 Å². The smallest absolute Gasteiger partial charge is 0.338 e. The molecule has 4 aliphatic carbocycles. The molecule has 0 radical (unpaired) electrons. The molecule has 39 heavy (non-hydrogen) atoms. The predicted octanol–water partition coefficient (Wildman–Crippen LogP) is 7.41. The van der Waals surface area contributed by atoms with Crippen LogP contribution in [0.4, 0.5) is 0 Å². The molecule has 0 saturated heterocycles. The van der Waals surface area contributed by atoms with Crippen molar-refractivity contribution >= 4 is 40.3 Å². The number of benzene rings is 1. The van der Waals surface area contributed by atoms with Crippen LogP contribution in [0.1, 0.15) is 89.4 Å². The van der Waals surface area contributed by atoms with E-state index >= 15 is 0 Å². The lowest BCUT2D eigenvalue weighted by atomic mass is 9.43. The topological polar surface area (TPSA) is 69.7 Å². The molecule has 9 atom stereocenters. The molecule has 0 amide bonds. The van der Waals surface area contributed by atoms with E-state index in [1.54, 1.807) is 0 Å². The van der Waals surface area contributed by atoms with Gasteiger partial charge in [-0.2, -0.15) is 0 Å². The number of esters is 2. The number of halogens is 1. The Kier molecular flexibility index (Phi) is 8.08. The molecule has 5 rings (SSSR count). The minimum Gasteiger partial charge on any atom is -0.469 e. The lowest BCUT2D eigenvalue weighted by Crippen LogP contribution is -2.59. The van der Waals surface area contributed by atoms with Crippen LogP contribution in [0.5, 0.6) is 0 Å². The maximum absolute atomic E-state index is 13.9. The average Bonchev–Trinajstić information content (AvgIpc) is 3.18. The summed E-state index contributed by atoms with van der Waals surface area (Å²) in [4.78, 5) is 39.3. The van der Waals surface area contributed by atoms with Crippen molar-refractivity contribution in [2.75, 3.05) is 7.11 Å². The molecule has 0 spiro atoms. The van der Waals surface area contributed by atoms with Crippen LogP contribution in [-0.4, -0.2) is 30.9 Å². The molecule has 3 saturated carbocycles. The molecule has 0 aromatic heterocycles. The quantitative estimate of drug-likeness (QED) is 0.238. The molecule has 4 aliphatic rings. The van der Waals surface area contributed by atoms with E-state index in [2.05, 4.69) is 50.3 Å². The zero-order valence-corrected chi connectivity index (χ0v) is 26.2. The van der Waals surface area contributed by atoms with Crippen molar-refractivity contribution in [3.8, 4) is 0 Å². The number of fused-ring (bicyclic) bond motifs is 5. The van der Waals surface area contributed by atoms with Crippen LogP contribution >= 0.6 is 22.6 Å². The first-order valence-electron chi connectivity index (χ1n) is 14.8. The Balaban J connectivity index is 1.48. The van der Waals surface area contributed by atoms with E-state index in [0.717, 1.165) is 22.8 Å². The van der Waals surface area contributed by atoms with Gasteiger partial charge in [-0.3, -0.25) is 9.59 Å². The molecule has 3 fully saturated rings. The van der Waals surface area contributed by atoms with Crippen LogP contribution < -0.4 is 0 Å². The number of carbonyl (C=O) groups excluding carboxylic acids is 3. The molecule has 212 valence electrons. The second kappa shape index (κ2) is 10.9. The number of methoxy groups -OCH3 is 1. The summed E-state index contributed by atoms with van der Waals surface area (Å²) >= 11 is 2.23. The third kappa shape index (κ3) is 5.12. The third-order valence-corrected chi connectivity index (χ3v) is 11.9. The van der Waals surface area contributed by atoms with E-state index in [9.17, 15) is 14.4 Å². The first-order chi connectivity index (χ1) is 18.5. The van der Waals surface area contributed by atoms with Crippen LogP contribution in [0.2, 0.25) is 0 Å². The van der Waals surface area contributed by atoms with Gasteiger partial charge in [0, 0.05) is 21.8 Å². The van der Waals surface area contributed by atoms with Crippen molar-refractivity contribution in [3.05, 3.63) is 45.0 Å². The summed E-state index contributed by atoms with van der Waals surface area (Å²) < 4.78 is 12.3. The Morgan fingerprint density at radius 2 is 1.92 bits per heavy atom. The van der Waals surface area contributed by atoms with Crippen molar-refractivity contribution in [1.82, 2.24) is 0 Å². The van der Waals surface area contributed by atoms with Crippen molar-refractivity contribution in [1.29, 1.82) is 0 Å². The largest absolute Gasteiger partial charge is 0.469 e. The van der Waals surface area contributed by atoms with Crippen LogP contribution in [0.25, 0.3) is 0 Å². The average molecular weight is 647 g/mol.